The number of aromatic nitrogens is 1. The third-order valence-corrected chi connectivity index (χ3v) is 5.48. The van der Waals surface area contributed by atoms with Gasteiger partial charge in [0.05, 0.1) is 11.6 Å². The normalized spacial score (nSPS) is 14.6. The molecule has 2 aromatic carbocycles. The first-order valence-corrected chi connectivity index (χ1v) is 10.3. The lowest BCUT2D eigenvalue weighted by atomic mass is 9.95. The second-order valence-corrected chi connectivity index (χ2v) is 7.98. The van der Waals surface area contributed by atoms with Gasteiger partial charge in [-0.05, 0) is 74.2 Å². The number of benzene rings is 2. The summed E-state index contributed by atoms with van der Waals surface area (Å²) in [6.07, 6.45) is 3.40. The maximum absolute atomic E-state index is 9.29. The molecule has 3 aromatic rings. The third-order valence-electron chi connectivity index (χ3n) is 5.48. The highest BCUT2D eigenvalue weighted by Crippen LogP contribution is 2.31. The summed E-state index contributed by atoms with van der Waals surface area (Å²) in [5.74, 6) is 8.16. The predicted octanol–water partition coefficient (Wildman–Crippen LogP) is 5.23. The van der Waals surface area contributed by atoms with Crippen LogP contribution >= 0.6 is 0 Å². The average molecular weight is 383 g/mol. The second kappa shape index (κ2) is 8.52. The smallest absolute Gasteiger partial charge is 0.227 e. The molecule has 1 aliphatic heterocycles. The molecule has 29 heavy (non-hydrogen) atoms. The van der Waals surface area contributed by atoms with E-state index in [2.05, 4.69) is 42.1 Å². The van der Waals surface area contributed by atoms with Gasteiger partial charge in [0.1, 0.15) is 5.52 Å². The molecule has 1 fully saturated rings. The number of nitrogens with one attached hydrogen (secondary N) is 1. The van der Waals surface area contributed by atoms with Gasteiger partial charge in [-0.3, -0.25) is 0 Å². The summed E-state index contributed by atoms with van der Waals surface area (Å²) in [5, 5.41) is 12.7. The van der Waals surface area contributed by atoms with Crippen molar-refractivity contribution in [3.63, 3.8) is 0 Å². The Hall–Kier alpha value is -3.08. The molecule has 0 bridgehead atoms. The Labute approximate surface area is 171 Å². The van der Waals surface area contributed by atoms with Crippen LogP contribution in [-0.2, 0) is 0 Å². The van der Waals surface area contributed by atoms with E-state index in [0.29, 0.717) is 11.5 Å². The highest BCUT2D eigenvalue weighted by atomic mass is 16.3. The first kappa shape index (κ1) is 19.2. The molecule has 0 aliphatic carbocycles. The van der Waals surface area contributed by atoms with E-state index < -0.39 is 0 Å². The molecule has 0 atom stereocenters. The molecule has 0 saturated carbocycles. The van der Waals surface area contributed by atoms with Gasteiger partial charge in [0.2, 0.25) is 5.89 Å². The van der Waals surface area contributed by atoms with Gasteiger partial charge >= 0.3 is 0 Å². The van der Waals surface area contributed by atoms with Gasteiger partial charge in [0, 0.05) is 23.1 Å². The molecular weight excluding hydrogens is 358 g/mol. The van der Waals surface area contributed by atoms with Gasteiger partial charge in [-0.15, -0.1) is 0 Å². The van der Waals surface area contributed by atoms with E-state index in [1.807, 2.05) is 30.3 Å². The van der Waals surface area contributed by atoms with E-state index in [9.17, 15) is 5.26 Å². The van der Waals surface area contributed by atoms with Crippen LogP contribution in [0, 0.1) is 29.1 Å². The lowest BCUT2D eigenvalue weighted by Gasteiger charge is -2.20. The van der Waals surface area contributed by atoms with E-state index in [4.69, 9.17) is 4.42 Å². The van der Waals surface area contributed by atoms with Crippen molar-refractivity contribution in [1.82, 2.24) is 10.3 Å². The molecule has 4 nitrogen and oxygen atoms in total. The Morgan fingerprint density at radius 3 is 2.59 bits per heavy atom. The van der Waals surface area contributed by atoms with Gasteiger partial charge in [0.25, 0.3) is 0 Å². The molecule has 0 unspecified atom stereocenters. The van der Waals surface area contributed by atoms with Gasteiger partial charge in [-0.2, -0.15) is 5.26 Å². The number of piperidine rings is 1. The van der Waals surface area contributed by atoms with E-state index in [-0.39, 0.29) is 5.92 Å². The molecule has 1 saturated heterocycles. The number of oxazole rings is 1. The molecule has 2 heterocycles. The van der Waals surface area contributed by atoms with Gasteiger partial charge in [0.15, 0.2) is 5.58 Å². The van der Waals surface area contributed by atoms with E-state index in [1.165, 1.54) is 12.8 Å². The van der Waals surface area contributed by atoms with Crippen LogP contribution in [0.1, 0.15) is 55.7 Å². The SMILES string of the molecule is CC(C)c1cc(C#N)cc2nc(-c3ccc(C#CCC4CCNCC4)cc3)oc12. The summed E-state index contributed by atoms with van der Waals surface area (Å²) in [6, 6.07) is 13.9. The maximum Gasteiger partial charge on any atom is 0.227 e. The van der Waals surface area contributed by atoms with Crippen molar-refractivity contribution in [1.29, 1.82) is 5.26 Å². The van der Waals surface area contributed by atoms with Crippen molar-refractivity contribution in [2.75, 3.05) is 13.1 Å². The molecule has 1 N–H and O–H groups in total. The van der Waals surface area contributed by atoms with Crippen LogP contribution in [0.15, 0.2) is 40.8 Å². The van der Waals surface area contributed by atoms with Crippen LogP contribution in [0.25, 0.3) is 22.6 Å². The molecule has 146 valence electrons. The quantitative estimate of drug-likeness (QED) is 0.629. The maximum atomic E-state index is 9.29. The van der Waals surface area contributed by atoms with E-state index in [0.717, 1.165) is 53.2 Å². The summed E-state index contributed by atoms with van der Waals surface area (Å²) >= 11 is 0. The van der Waals surface area contributed by atoms with Crippen molar-refractivity contribution >= 4 is 11.1 Å². The molecule has 1 aromatic heterocycles. The molecule has 0 radical (unpaired) electrons. The number of nitriles is 1. The summed E-state index contributed by atoms with van der Waals surface area (Å²) in [4.78, 5) is 4.63. The monoisotopic (exact) mass is 383 g/mol. The van der Waals surface area contributed by atoms with Crippen LogP contribution in [0.5, 0.6) is 0 Å². The first-order chi connectivity index (χ1) is 14.1. The number of hydrogen-bond acceptors (Lipinski definition) is 4. The van der Waals surface area contributed by atoms with Gasteiger partial charge < -0.3 is 9.73 Å². The van der Waals surface area contributed by atoms with Gasteiger partial charge in [-0.25, -0.2) is 4.98 Å². The Morgan fingerprint density at radius 1 is 1.14 bits per heavy atom. The fourth-order valence-corrected chi connectivity index (χ4v) is 3.75. The fourth-order valence-electron chi connectivity index (χ4n) is 3.75. The lowest BCUT2D eigenvalue weighted by molar-refractivity contribution is 0.381. The lowest BCUT2D eigenvalue weighted by Crippen LogP contribution is -2.27. The number of nitrogens with zero attached hydrogens (tertiary/aromatic N) is 2. The molecule has 1 aliphatic rings. The molecule has 0 spiro atoms. The Balaban J connectivity index is 1.55. The molecule has 4 heteroatoms. The predicted molar refractivity (Wildman–Crippen MR) is 115 cm³/mol. The molecule has 4 rings (SSSR count). The van der Waals surface area contributed by atoms with Crippen LogP contribution < -0.4 is 5.32 Å². The molecular formula is C25H25N3O. The zero-order valence-electron chi connectivity index (χ0n) is 17.0. The zero-order chi connectivity index (χ0) is 20.2. The standard InChI is InChI=1S/C25H25N3O/c1-17(2)22-14-20(16-26)15-23-24(22)29-25(28-23)21-8-6-18(7-9-21)4-3-5-19-10-12-27-13-11-19/h6-9,14-15,17,19,27H,5,10-13H2,1-2H3. The Bertz CT molecular complexity index is 1100. The van der Waals surface area contributed by atoms with Crippen LogP contribution in [0.4, 0.5) is 0 Å². The minimum atomic E-state index is 0.254. The number of rotatable bonds is 3. The largest absolute Gasteiger partial charge is 0.436 e. The summed E-state index contributed by atoms with van der Waals surface area (Å²) < 4.78 is 6.08. The number of hydrogen-bond donors (Lipinski definition) is 1. The number of fused-ring (bicyclic) bond motifs is 1. The average Bonchev–Trinajstić information content (AvgIpc) is 3.18. The van der Waals surface area contributed by atoms with E-state index >= 15 is 0 Å². The topological polar surface area (TPSA) is 61.9 Å². The Kier molecular flexibility index (Phi) is 5.65. The van der Waals surface area contributed by atoms with Crippen molar-refractivity contribution in [3.05, 3.63) is 53.1 Å². The van der Waals surface area contributed by atoms with Crippen molar-refractivity contribution in [2.45, 2.75) is 39.0 Å². The van der Waals surface area contributed by atoms with Crippen molar-refractivity contribution in [2.24, 2.45) is 5.92 Å². The molecule has 0 amide bonds. The summed E-state index contributed by atoms with van der Waals surface area (Å²) in [5.41, 5.74) is 5.04. The van der Waals surface area contributed by atoms with Crippen molar-refractivity contribution < 1.29 is 4.42 Å². The Morgan fingerprint density at radius 2 is 1.90 bits per heavy atom. The van der Waals surface area contributed by atoms with Crippen LogP contribution in [0.2, 0.25) is 0 Å². The third kappa shape index (κ3) is 4.34. The fraction of sp³-hybridized carbons (Fsp3) is 0.360. The second-order valence-electron chi connectivity index (χ2n) is 7.98. The first-order valence-electron chi connectivity index (χ1n) is 10.3. The van der Waals surface area contributed by atoms with Crippen molar-refractivity contribution in [3.8, 4) is 29.4 Å². The summed E-state index contributed by atoms with van der Waals surface area (Å²) in [7, 11) is 0. The summed E-state index contributed by atoms with van der Waals surface area (Å²) in [6.45, 7) is 6.41. The highest BCUT2D eigenvalue weighted by Gasteiger charge is 2.15. The zero-order valence-corrected chi connectivity index (χ0v) is 17.0. The minimum absolute atomic E-state index is 0.254. The van der Waals surface area contributed by atoms with Crippen LogP contribution in [0.3, 0.4) is 0 Å². The minimum Gasteiger partial charge on any atom is -0.436 e. The highest BCUT2D eigenvalue weighted by molar-refractivity contribution is 5.81. The van der Waals surface area contributed by atoms with Gasteiger partial charge in [-0.1, -0.05) is 25.7 Å². The van der Waals surface area contributed by atoms with Crippen LogP contribution in [-0.4, -0.2) is 18.1 Å². The van der Waals surface area contributed by atoms with E-state index in [1.54, 1.807) is 6.07 Å².